The maximum absolute atomic E-state index is 12.6. The molecule has 0 aromatic heterocycles. The Balaban J connectivity index is 2.32. The molecule has 2 fully saturated rings. The van der Waals surface area contributed by atoms with Crippen LogP contribution in [0, 0.1) is 5.92 Å². The van der Waals surface area contributed by atoms with Crippen molar-refractivity contribution in [3.63, 3.8) is 0 Å². The number of carbonyl (C=O) groups is 5. The van der Waals surface area contributed by atoms with Gasteiger partial charge < -0.3 is 29.0 Å². The Labute approximate surface area is 180 Å². The predicted molar refractivity (Wildman–Crippen MR) is 102 cm³/mol. The largest absolute Gasteiger partial charge is 0.463 e. The third kappa shape index (κ3) is 7.50. The fourth-order valence-electron chi connectivity index (χ4n) is 3.52. The van der Waals surface area contributed by atoms with Gasteiger partial charge in [-0.15, -0.1) is 0 Å². The minimum absolute atomic E-state index is 0.254. The van der Waals surface area contributed by atoms with Crippen molar-refractivity contribution in [3.8, 4) is 0 Å². The maximum atomic E-state index is 12.6. The van der Waals surface area contributed by atoms with Crippen LogP contribution in [0.1, 0.15) is 53.4 Å². The molecule has 1 saturated heterocycles. The predicted octanol–water partition coefficient (Wildman–Crippen LogP) is 0.376. The van der Waals surface area contributed by atoms with Crippen molar-refractivity contribution in [3.05, 3.63) is 0 Å². The Bertz CT molecular complexity index is 704. The fourth-order valence-corrected chi connectivity index (χ4v) is 3.52. The van der Waals surface area contributed by atoms with E-state index in [1.54, 1.807) is 0 Å². The molecule has 1 N–H and O–H groups in total. The molecule has 31 heavy (non-hydrogen) atoms. The van der Waals surface area contributed by atoms with Gasteiger partial charge in [0.25, 0.3) is 0 Å². The van der Waals surface area contributed by atoms with Crippen LogP contribution in [0.3, 0.4) is 0 Å². The average molecular weight is 443 g/mol. The van der Waals surface area contributed by atoms with Crippen LogP contribution >= 0.6 is 0 Å². The van der Waals surface area contributed by atoms with Crippen molar-refractivity contribution >= 4 is 29.8 Å². The zero-order valence-electron chi connectivity index (χ0n) is 18.1. The molecular formula is C20H29NO10. The normalized spacial score (nSPS) is 27.9. The molecule has 0 bridgehead atoms. The van der Waals surface area contributed by atoms with E-state index in [2.05, 4.69) is 5.32 Å². The summed E-state index contributed by atoms with van der Waals surface area (Å²) in [6, 6.07) is -1.14. The Morgan fingerprint density at radius 2 is 1.42 bits per heavy atom. The summed E-state index contributed by atoms with van der Waals surface area (Å²) in [7, 11) is 0. The summed E-state index contributed by atoms with van der Waals surface area (Å²) in [6.07, 6.45) is -1.74. The van der Waals surface area contributed by atoms with Crippen LogP contribution in [0.15, 0.2) is 0 Å². The molecule has 1 unspecified atom stereocenters. The number of carbonyl (C=O) groups excluding carboxylic acids is 5. The molecular weight excluding hydrogens is 414 g/mol. The minimum atomic E-state index is -1.36. The molecule has 2 aliphatic rings. The number of ether oxygens (including phenoxy) is 5. The third-order valence-corrected chi connectivity index (χ3v) is 5.01. The van der Waals surface area contributed by atoms with Crippen molar-refractivity contribution in [2.75, 3.05) is 6.61 Å². The van der Waals surface area contributed by atoms with Gasteiger partial charge in [0.1, 0.15) is 18.8 Å². The van der Waals surface area contributed by atoms with Crippen LogP contribution in [-0.4, -0.2) is 67.0 Å². The van der Waals surface area contributed by atoms with E-state index in [-0.39, 0.29) is 24.9 Å². The summed E-state index contributed by atoms with van der Waals surface area (Å²) in [5.41, 5.74) is 0. The highest BCUT2D eigenvalue weighted by Gasteiger charge is 2.52. The van der Waals surface area contributed by atoms with E-state index in [9.17, 15) is 24.0 Å². The molecule has 0 spiro atoms. The summed E-state index contributed by atoms with van der Waals surface area (Å²) in [5.74, 6) is -2.83. The number of hydrogen-bond donors (Lipinski definition) is 1. The number of nitrogens with one attached hydrogen (secondary N) is 1. The lowest BCUT2D eigenvalue weighted by Crippen LogP contribution is -2.67. The number of rotatable bonds is 8. The average Bonchev–Trinajstić information content (AvgIpc) is 2.60. The van der Waals surface area contributed by atoms with Gasteiger partial charge in [-0.2, -0.15) is 0 Å². The Morgan fingerprint density at radius 1 is 0.839 bits per heavy atom. The number of esters is 4. The molecule has 1 saturated carbocycles. The molecule has 11 nitrogen and oxygen atoms in total. The van der Waals surface area contributed by atoms with Crippen molar-refractivity contribution in [2.24, 2.45) is 5.92 Å². The Morgan fingerprint density at radius 3 is 1.90 bits per heavy atom. The second kappa shape index (κ2) is 11.1. The van der Waals surface area contributed by atoms with Crippen LogP contribution < -0.4 is 5.32 Å². The molecule has 1 heterocycles. The maximum Gasteiger partial charge on any atom is 0.305 e. The highest BCUT2D eigenvalue weighted by molar-refractivity contribution is 5.77. The first kappa shape index (κ1) is 24.6. The van der Waals surface area contributed by atoms with E-state index >= 15 is 0 Å². The molecule has 0 aromatic carbocycles. The summed E-state index contributed by atoms with van der Waals surface area (Å²) in [4.78, 5) is 59.0. The molecule has 2 rings (SSSR count). The second-order valence-corrected chi connectivity index (χ2v) is 7.70. The molecule has 1 aliphatic heterocycles. The van der Waals surface area contributed by atoms with Crippen LogP contribution in [0.5, 0.6) is 0 Å². The lowest BCUT2D eigenvalue weighted by molar-refractivity contribution is -0.271. The summed E-state index contributed by atoms with van der Waals surface area (Å²) in [6.45, 7) is 4.27. The molecule has 1 amide bonds. The van der Waals surface area contributed by atoms with E-state index in [1.807, 2.05) is 0 Å². The third-order valence-electron chi connectivity index (χ3n) is 5.01. The molecule has 5 atom stereocenters. The minimum Gasteiger partial charge on any atom is -0.463 e. The number of hydrogen-bond acceptors (Lipinski definition) is 10. The Kier molecular flexibility index (Phi) is 8.78. The van der Waals surface area contributed by atoms with Gasteiger partial charge in [0, 0.05) is 34.1 Å². The van der Waals surface area contributed by atoms with Crippen LogP contribution in [-0.2, 0) is 47.7 Å². The van der Waals surface area contributed by atoms with Crippen molar-refractivity contribution in [1.29, 1.82) is 0 Å². The van der Waals surface area contributed by atoms with Crippen LogP contribution in [0.4, 0.5) is 0 Å². The molecule has 174 valence electrons. The van der Waals surface area contributed by atoms with E-state index in [0.29, 0.717) is 0 Å². The molecule has 0 radical (unpaired) electrons. The lowest BCUT2D eigenvalue weighted by Gasteiger charge is -2.44. The van der Waals surface area contributed by atoms with Crippen molar-refractivity contribution in [1.82, 2.24) is 5.32 Å². The standard InChI is InChI=1S/C20H29NO10/c1-10(22)27-9-15-18(28-11(2)23)19(29-12(3)24)17(20(31-15)30-13(4)25)21-16(26)8-14-6-5-7-14/h14-15,17-20H,5-9H2,1-4H3,(H,21,26)/t15-,17-,18-,19-,20?/m1/s1. The summed E-state index contributed by atoms with van der Waals surface area (Å²) >= 11 is 0. The monoisotopic (exact) mass is 443 g/mol. The highest BCUT2D eigenvalue weighted by atomic mass is 16.7. The van der Waals surface area contributed by atoms with Gasteiger partial charge in [-0.25, -0.2) is 0 Å². The summed E-state index contributed by atoms with van der Waals surface area (Å²) < 4.78 is 26.6. The van der Waals surface area contributed by atoms with E-state index in [4.69, 9.17) is 23.7 Å². The van der Waals surface area contributed by atoms with Crippen molar-refractivity contribution in [2.45, 2.75) is 84.0 Å². The topological polar surface area (TPSA) is 144 Å². The zero-order valence-corrected chi connectivity index (χ0v) is 18.1. The van der Waals surface area contributed by atoms with Crippen LogP contribution in [0.2, 0.25) is 0 Å². The zero-order chi connectivity index (χ0) is 23.1. The first-order valence-electron chi connectivity index (χ1n) is 10.2. The van der Waals surface area contributed by atoms with Gasteiger partial charge in [0.2, 0.25) is 12.2 Å². The first-order chi connectivity index (χ1) is 14.6. The van der Waals surface area contributed by atoms with E-state index in [1.165, 1.54) is 6.92 Å². The summed E-state index contributed by atoms with van der Waals surface area (Å²) in [5, 5.41) is 2.70. The molecule has 1 aliphatic carbocycles. The van der Waals surface area contributed by atoms with Gasteiger partial charge in [-0.05, 0) is 18.8 Å². The first-order valence-corrected chi connectivity index (χ1v) is 10.2. The molecule has 11 heteroatoms. The van der Waals surface area contributed by atoms with Gasteiger partial charge in [-0.1, -0.05) is 6.42 Å². The van der Waals surface area contributed by atoms with E-state index < -0.39 is 54.5 Å². The highest BCUT2D eigenvalue weighted by Crippen LogP contribution is 2.31. The van der Waals surface area contributed by atoms with E-state index in [0.717, 1.165) is 40.0 Å². The van der Waals surface area contributed by atoms with Crippen molar-refractivity contribution < 1.29 is 47.7 Å². The number of amides is 1. The SMILES string of the molecule is CC(=O)OC[C@H]1OC(OC(C)=O)[C@H](NC(=O)CC2CCC2)[C@@H](OC(C)=O)[C@@H]1OC(C)=O. The molecule has 0 aromatic rings. The Hall–Kier alpha value is -2.69. The van der Waals surface area contributed by atoms with Gasteiger partial charge in [0.15, 0.2) is 12.2 Å². The van der Waals surface area contributed by atoms with Crippen LogP contribution in [0.25, 0.3) is 0 Å². The van der Waals surface area contributed by atoms with Gasteiger partial charge in [-0.3, -0.25) is 24.0 Å². The fraction of sp³-hybridized carbons (Fsp3) is 0.750. The smallest absolute Gasteiger partial charge is 0.305 e. The quantitative estimate of drug-likeness (QED) is 0.413. The second-order valence-electron chi connectivity index (χ2n) is 7.70. The van der Waals surface area contributed by atoms with Gasteiger partial charge >= 0.3 is 23.9 Å². The van der Waals surface area contributed by atoms with Gasteiger partial charge in [0.05, 0.1) is 0 Å². The lowest BCUT2D eigenvalue weighted by atomic mass is 9.82.